The van der Waals surface area contributed by atoms with Gasteiger partial charge in [-0.2, -0.15) is 0 Å². The first kappa shape index (κ1) is 16.5. The van der Waals surface area contributed by atoms with E-state index in [4.69, 9.17) is 37.9 Å². The lowest BCUT2D eigenvalue weighted by Gasteiger charge is -2.14. The Kier molecular flexibility index (Phi) is 5.92. The van der Waals surface area contributed by atoms with Crippen LogP contribution in [0.1, 0.15) is 18.1 Å². The van der Waals surface area contributed by atoms with Crippen molar-refractivity contribution in [2.75, 3.05) is 6.61 Å². The summed E-state index contributed by atoms with van der Waals surface area (Å²) in [4.78, 5) is 0. The van der Waals surface area contributed by atoms with Crippen molar-refractivity contribution in [1.82, 2.24) is 0 Å². The molecule has 0 aliphatic carbocycles. The zero-order valence-electron chi connectivity index (χ0n) is 11.9. The zero-order valence-corrected chi connectivity index (χ0v) is 13.4. The topological polar surface area (TPSA) is 51.0 Å². The van der Waals surface area contributed by atoms with Gasteiger partial charge in [-0.25, -0.2) is 0 Å². The number of oxime groups is 1. The van der Waals surface area contributed by atoms with Crippen LogP contribution in [-0.2, 0) is 6.61 Å². The number of hydrogen-bond acceptors (Lipinski definition) is 4. The average molecular weight is 340 g/mol. The maximum absolute atomic E-state index is 8.62. The van der Waals surface area contributed by atoms with Gasteiger partial charge in [0.1, 0.15) is 6.61 Å². The molecule has 2 rings (SSSR count). The van der Waals surface area contributed by atoms with Crippen molar-refractivity contribution < 1.29 is 14.7 Å². The minimum absolute atomic E-state index is 0.338. The third kappa shape index (κ3) is 4.29. The molecule has 6 heteroatoms. The lowest BCUT2D eigenvalue weighted by Crippen LogP contribution is -2.01. The summed E-state index contributed by atoms with van der Waals surface area (Å²) in [6.07, 6.45) is 1.28. The van der Waals surface area contributed by atoms with Crippen LogP contribution < -0.4 is 9.47 Å². The highest BCUT2D eigenvalue weighted by Crippen LogP contribution is 2.37. The first-order valence-corrected chi connectivity index (χ1v) is 7.40. The van der Waals surface area contributed by atoms with Crippen LogP contribution in [0.15, 0.2) is 41.6 Å². The van der Waals surface area contributed by atoms with E-state index in [9.17, 15) is 0 Å². The van der Waals surface area contributed by atoms with Gasteiger partial charge in [0.25, 0.3) is 0 Å². The fourth-order valence-electron chi connectivity index (χ4n) is 1.87. The van der Waals surface area contributed by atoms with Crippen LogP contribution in [-0.4, -0.2) is 18.0 Å². The molecule has 22 heavy (non-hydrogen) atoms. The highest BCUT2D eigenvalue weighted by Gasteiger charge is 2.12. The molecule has 0 atom stereocenters. The van der Waals surface area contributed by atoms with Crippen molar-refractivity contribution in [3.8, 4) is 11.5 Å². The summed E-state index contributed by atoms with van der Waals surface area (Å²) in [5.74, 6) is 0.951. The molecule has 4 nitrogen and oxygen atoms in total. The first-order valence-electron chi connectivity index (χ1n) is 6.65. The van der Waals surface area contributed by atoms with E-state index in [1.807, 2.05) is 19.1 Å². The van der Waals surface area contributed by atoms with Crippen LogP contribution in [0.25, 0.3) is 0 Å². The van der Waals surface area contributed by atoms with Crippen molar-refractivity contribution in [3.05, 3.63) is 57.6 Å². The maximum atomic E-state index is 8.62. The van der Waals surface area contributed by atoms with Gasteiger partial charge in [-0.15, -0.1) is 0 Å². The van der Waals surface area contributed by atoms with E-state index in [0.717, 1.165) is 5.56 Å². The van der Waals surface area contributed by atoms with Crippen LogP contribution in [0.4, 0.5) is 0 Å². The number of ether oxygens (including phenoxy) is 2. The molecule has 1 N–H and O–H groups in total. The zero-order chi connectivity index (χ0) is 15.9. The summed E-state index contributed by atoms with van der Waals surface area (Å²) in [7, 11) is 0. The minimum atomic E-state index is 0.338. The lowest BCUT2D eigenvalue weighted by molar-refractivity contribution is 0.269. The predicted octanol–water partition coefficient (Wildman–Crippen LogP) is 4.78. The van der Waals surface area contributed by atoms with Crippen molar-refractivity contribution in [2.45, 2.75) is 13.5 Å². The Bertz CT molecular complexity index is 657. The molecule has 0 fully saturated rings. The fourth-order valence-corrected chi connectivity index (χ4v) is 2.27. The summed E-state index contributed by atoms with van der Waals surface area (Å²) in [6, 6.07) is 10.7. The highest BCUT2D eigenvalue weighted by atomic mass is 35.5. The summed E-state index contributed by atoms with van der Waals surface area (Å²) < 4.78 is 11.3. The summed E-state index contributed by atoms with van der Waals surface area (Å²) >= 11 is 12.1. The molecular weight excluding hydrogens is 325 g/mol. The number of benzene rings is 2. The molecule has 0 heterocycles. The molecule has 2 aromatic rings. The Morgan fingerprint density at radius 2 is 1.86 bits per heavy atom. The summed E-state index contributed by atoms with van der Waals surface area (Å²) in [5.41, 5.74) is 1.58. The van der Waals surface area contributed by atoms with E-state index in [1.165, 1.54) is 6.21 Å². The van der Waals surface area contributed by atoms with Gasteiger partial charge in [0, 0.05) is 10.6 Å². The maximum Gasteiger partial charge on any atom is 0.180 e. The Labute approximate surface area is 138 Å². The second-order valence-electron chi connectivity index (χ2n) is 4.42. The average Bonchev–Trinajstić information content (AvgIpc) is 2.49. The molecule has 0 unspecified atom stereocenters. The molecule has 0 radical (unpaired) electrons. The molecule has 0 amide bonds. The minimum Gasteiger partial charge on any atom is -0.490 e. The van der Waals surface area contributed by atoms with Gasteiger partial charge in [0.2, 0.25) is 0 Å². The molecule has 0 aliphatic heterocycles. The predicted molar refractivity (Wildman–Crippen MR) is 87.8 cm³/mol. The Morgan fingerprint density at radius 3 is 2.50 bits per heavy atom. The van der Waals surface area contributed by atoms with Gasteiger partial charge >= 0.3 is 0 Å². The van der Waals surface area contributed by atoms with Crippen LogP contribution >= 0.6 is 23.2 Å². The van der Waals surface area contributed by atoms with Gasteiger partial charge in [-0.1, -0.05) is 40.5 Å². The molecule has 2 aromatic carbocycles. The second kappa shape index (κ2) is 7.92. The number of hydrogen-bond donors (Lipinski definition) is 1. The van der Waals surface area contributed by atoms with E-state index in [2.05, 4.69) is 5.16 Å². The van der Waals surface area contributed by atoms with Gasteiger partial charge in [0.05, 0.1) is 17.8 Å². The second-order valence-corrected chi connectivity index (χ2v) is 5.27. The van der Waals surface area contributed by atoms with Crippen molar-refractivity contribution in [2.24, 2.45) is 5.16 Å². The van der Waals surface area contributed by atoms with Gasteiger partial charge < -0.3 is 14.7 Å². The van der Waals surface area contributed by atoms with Crippen LogP contribution in [0.5, 0.6) is 11.5 Å². The van der Waals surface area contributed by atoms with Crippen molar-refractivity contribution in [3.63, 3.8) is 0 Å². The third-order valence-electron chi connectivity index (χ3n) is 2.83. The standard InChI is InChI=1S/C16H15Cl2NO3/c1-2-21-15-8-12(9-19-20)7-14(18)16(15)22-10-11-3-5-13(17)6-4-11/h3-9,20H,2,10H2,1H3/b19-9-. The number of nitrogens with zero attached hydrogens (tertiary/aromatic N) is 1. The molecule has 0 saturated carbocycles. The van der Waals surface area contributed by atoms with Crippen LogP contribution in [0, 0.1) is 0 Å². The molecule has 0 saturated heterocycles. The van der Waals surface area contributed by atoms with Crippen molar-refractivity contribution in [1.29, 1.82) is 0 Å². The summed E-state index contributed by atoms with van der Waals surface area (Å²) in [5, 5.41) is 12.7. The van der Waals surface area contributed by atoms with E-state index < -0.39 is 0 Å². The quantitative estimate of drug-likeness (QED) is 0.468. The lowest BCUT2D eigenvalue weighted by atomic mass is 10.2. The summed E-state index contributed by atoms with van der Waals surface area (Å²) in [6.45, 7) is 2.67. The van der Waals surface area contributed by atoms with E-state index in [1.54, 1.807) is 24.3 Å². The van der Waals surface area contributed by atoms with Gasteiger partial charge in [-0.05, 0) is 36.8 Å². The van der Waals surface area contributed by atoms with E-state index in [0.29, 0.717) is 40.3 Å². The normalized spacial score (nSPS) is 10.9. The largest absolute Gasteiger partial charge is 0.490 e. The SMILES string of the molecule is CCOc1cc(/C=N\O)cc(Cl)c1OCc1ccc(Cl)cc1. The van der Waals surface area contributed by atoms with E-state index >= 15 is 0 Å². The Hall–Kier alpha value is -1.91. The smallest absolute Gasteiger partial charge is 0.180 e. The number of halogens is 2. The molecule has 0 aliphatic rings. The van der Waals surface area contributed by atoms with Crippen LogP contribution in [0.3, 0.4) is 0 Å². The molecule has 0 bridgehead atoms. The van der Waals surface area contributed by atoms with Gasteiger partial charge in [0.15, 0.2) is 11.5 Å². The van der Waals surface area contributed by atoms with Crippen molar-refractivity contribution >= 4 is 29.4 Å². The molecule has 116 valence electrons. The number of rotatable bonds is 6. The monoisotopic (exact) mass is 339 g/mol. The Balaban J connectivity index is 2.22. The third-order valence-corrected chi connectivity index (χ3v) is 3.37. The van der Waals surface area contributed by atoms with E-state index in [-0.39, 0.29) is 0 Å². The van der Waals surface area contributed by atoms with Gasteiger partial charge in [-0.3, -0.25) is 0 Å². The molecule has 0 aromatic heterocycles. The first-order chi connectivity index (χ1) is 10.6. The molecule has 0 spiro atoms. The highest BCUT2D eigenvalue weighted by molar-refractivity contribution is 6.32. The fraction of sp³-hybridized carbons (Fsp3) is 0.188. The molecular formula is C16H15Cl2NO3. The Morgan fingerprint density at radius 1 is 1.14 bits per heavy atom. The van der Waals surface area contributed by atoms with Crippen LogP contribution in [0.2, 0.25) is 10.0 Å².